The maximum atomic E-state index is 11.9. The molecule has 0 bridgehead atoms. The molecule has 1 aromatic rings. The average Bonchev–Trinajstić information content (AvgIpc) is 2.18. The molecule has 0 saturated heterocycles. The molecule has 0 fully saturated rings. The lowest BCUT2D eigenvalue weighted by atomic mass is 10.3. The second-order valence-electron chi connectivity index (χ2n) is 2.47. The van der Waals surface area contributed by atoms with Crippen LogP contribution in [0, 0.1) is 10.1 Å². The van der Waals surface area contributed by atoms with Crippen molar-refractivity contribution in [1.82, 2.24) is 0 Å². The van der Waals surface area contributed by atoms with Crippen molar-refractivity contribution in [2.24, 2.45) is 0 Å². The Balaban J connectivity index is 3.10. The number of halogens is 1. The van der Waals surface area contributed by atoms with Crippen LogP contribution in [0.5, 0.6) is 5.75 Å². The van der Waals surface area contributed by atoms with Crippen molar-refractivity contribution < 1.29 is 21.9 Å². The lowest BCUT2D eigenvalue weighted by molar-refractivity contribution is -0.385. The van der Waals surface area contributed by atoms with E-state index in [0.29, 0.717) is 0 Å². The molecule has 0 aliphatic carbocycles. The van der Waals surface area contributed by atoms with E-state index < -0.39 is 32.5 Å². The molecule has 15 heavy (non-hydrogen) atoms. The van der Waals surface area contributed by atoms with Gasteiger partial charge in [-0.2, -0.15) is 8.42 Å². The van der Waals surface area contributed by atoms with E-state index in [1.807, 2.05) is 0 Å². The van der Waals surface area contributed by atoms with Crippen molar-refractivity contribution in [3.8, 4) is 5.75 Å². The summed E-state index contributed by atoms with van der Waals surface area (Å²) in [6, 6.07) is 3.08. The molecular formula is C7H6FNO5S. The van der Waals surface area contributed by atoms with E-state index in [9.17, 15) is 22.9 Å². The average molecular weight is 235 g/mol. The van der Waals surface area contributed by atoms with Crippen LogP contribution >= 0.6 is 0 Å². The molecule has 1 aromatic carbocycles. The van der Waals surface area contributed by atoms with Crippen molar-refractivity contribution in [1.29, 1.82) is 0 Å². The van der Waals surface area contributed by atoms with E-state index in [-0.39, 0.29) is 0 Å². The van der Waals surface area contributed by atoms with E-state index in [0.717, 1.165) is 12.1 Å². The molecule has 0 atom stereocenters. The van der Waals surface area contributed by atoms with Gasteiger partial charge < -0.3 is 4.18 Å². The van der Waals surface area contributed by atoms with Crippen molar-refractivity contribution >= 4 is 15.8 Å². The Morgan fingerprint density at radius 3 is 2.53 bits per heavy atom. The summed E-state index contributed by atoms with van der Waals surface area (Å²) in [6.07, 6.45) is 0. The van der Waals surface area contributed by atoms with Crippen LogP contribution in [-0.4, -0.2) is 19.3 Å². The quantitative estimate of drug-likeness (QED) is 0.445. The van der Waals surface area contributed by atoms with Gasteiger partial charge in [0.2, 0.25) is 11.8 Å². The van der Waals surface area contributed by atoms with E-state index >= 15 is 0 Å². The number of nitro benzene ring substituents is 1. The van der Waals surface area contributed by atoms with E-state index in [4.69, 9.17) is 0 Å². The Kier molecular flexibility index (Phi) is 3.20. The molecule has 0 unspecified atom stereocenters. The maximum absolute atomic E-state index is 11.9. The maximum Gasteiger partial charge on any atom is 0.339 e. The Bertz CT molecular complexity index is 472. The van der Waals surface area contributed by atoms with Crippen LogP contribution in [0.3, 0.4) is 0 Å². The molecule has 0 N–H and O–H groups in total. The van der Waals surface area contributed by atoms with Gasteiger partial charge in [-0.1, -0.05) is 12.1 Å². The van der Waals surface area contributed by atoms with Gasteiger partial charge in [-0.3, -0.25) is 10.1 Å². The second-order valence-corrected chi connectivity index (χ2v) is 3.98. The lowest BCUT2D eigenvalue weighted by Crippen LogP contribution is -2.11. The number of hydrogen-bond donors (Lipinski definition) is 0. The Hall–Kier alpha value is -1.70. The number of alkyl halides is 1. The van der Waals surface area contributed by atoms with Crippen LogP contribution in [-0.2, 0) is 10.1 Å². The van der Waals surface area contributed by atoms with Gasteiger partial charge >= 0.3 is 15.8 Å². The van der Waals surface area contributed by atoms with Crippen molar-refractivity contribution in [2.75, 3.05) is 6.01 Å². The van der Waals surface area contributed by atoms with Crippen molar-refractivity contribution in [2.45, 2.75) is 0 Å². The topological polar surface area (TPSA) is 86.5 Å². The molecule has 1 rings (SSSR count). The fourth-order valence-corrected chi connectivity index (χ4v) is 1.30. The van der Waals surface area contributed by atoms with Crippen LogP contribution in [0.15, 0.2) is 24.3 Å². The zero-order valence-electron chi connectivity index (χ0n) is 7.29. The first-order valence-electron chi connectivity index (χ1n) is 3.68. The first-order chi connectivity index (χ1) is 6.96. The van der Waals surface area contributed by atoms with Gasteiger partial charge in [-0.25, -0.2) is 4.39 Å². The largest absolute Gasteiger partial charge is 0.373 e. The molecule has 0 aliphatic rings. The fourth-order valence-electron chi connectivity index (χ4n) is 0.838. The van der Waals surface area contributed by atoms with Gasteiger partial charge in [0.25, 0.3) is 0 Å². The van der Waals surface area contributed by atoms with Crippen LogP contribution in [0.2, 0.25) is 0 Å². The van der Waals surface area contributed by atoms with Gasteiger partial charge in [0, 0.05) is 6.07 Å². The molecule has 0 saturated carbocycles. The van der Waals surface area contributed by atoms with E-state index in [2.05, 4.69) is 4.18 Å². The summed E-state index contributed by atoms with van der Waals surface area (Å²) >= 11 is 0. The highest BCUT2D eigenvalue weighted by Gasteiger charge is 2.20. The van der Waals surface area contributed by atoms with Gasteiger partial charge in [0.05, 0.1) is 4.92 Å². The lowest BCUT2D eigenvalue weighted by Gasteiger charge is -2.03. The fraction of sp³-hybridized carbons (Fsp3) is 0.143. The summed E-state index contributed by atoms with van der Waals surface area (Å²) in [5.41, 5.74) is -0.533. The van der Waals surface area contributed by atoms with Crippen LogP contribution in [0.25, 0.3) is 0 Å². The zero-order chi connectivity index (χ0) is 11.5. The minimum absolute atomic E-state index is 0.500. The summed E-state index contributed by atoms with van der Waals surface area (Å²) in [4.78, 5) is 9.62. The van der Waals surface area contributed by atoms with E-state index in [1.165, 1.54) is 12.1 Å². The second kappa shape index (κ2) is 4.22. The SMILES string of the molecule is O=[N+]([O-])c1ccccc1OS(=O)(=O)CF. The summed E-state index contributed by atoms with van der Waals surface area (Å²) in [5.74, 6) is -0.500. The summed E-state index contributed by atoms with van der Waals surface area (Å²) in [5, 5.41) is 10.4. The van der Waals surface area contributed by atoms with Gasteiger partial charge in [-0.05, 0) is 6.07 Å². The summed E-state index contributed by atoms with van der Waals surface area (Å²) in [7, 11) is -4.40. The van der Waals surface area contributed by atoms with Crippen molar-refractivity contribution in [3.63, 3.8) is 0 Å². The van der Waals surface area contributed by atoms with Gasteiger partial charge in [0.15, 0.2) is 0 Å². The number of rotatable bonds is 4. The first-order valence-corrected chi connectivity index (χ1v) is 5.25. The predicted molar refractivity (Wildman–Crippen MR) is 48.6 cm³/mol. The monoisotopic (exact) mass is 235 g/mol. The molecule has 0 radical (unpaired) electrons. The molecule has 82 valence electrons. The highest BCUT2D eigenvalue weighted by Crippen LogP contribution is 2.27. The molecular weight excluding hydrogens is 229 g/mol. The number of para-hydroxylation sites is 2. The highest BCUT2D eigenvalue weighted by atomic mass is 32.2. The first kappa shape index (κ1) is 11.4. The third-order valence-corrected chi connectivity index (χ3v) is 2.11. The van der Waals surface area contributed by atoms with Gasteiger partial charge in [0.1, 0.15) is 0 Å². The molecule has 8 heteroatoms. The van der Waals surface area contributed by atoms with Crippen molar-refractivity contribution in [3.05, 3.63) is 34.4 Å². The molecule has 0 aliphatic heterocycles. The van der Waals surface area contributed by atoms with Crippen LogP contribution in [0.4, 0.5) is 10.1 Å². The molecule has 0 amide bonds. The van der Waals surface area contributed by atoms with Gasteiger partial charge in [-0.15, -0.1) is 0 Å². The van der Waals surface area contributed by atoms with E-state index in [1.54, 1.807) is 0 Å². The number of benzene rings is 1. The normalized spacial score (nSPS) is 11.0. The third kappa shape index (κ3) is 2.88. The Morgan fingerprint density at radius 2 is 2.00 bits per heavy atom. The highest BCUT2D eigenvalue weighted by molar-refractivity contribution is 7.86. The summed E-state index contributed by atoms with van der Waals surface area (Å²) in [6.45, 7) is 0. The molecule has 0 aromatic heterocycles. The number of nitro groups is 1. The Labute approximate surface area is 84.6 Å². The number of nitrogens with zero attached hydrogens (tertiary/aromatic N) is 1. The minimum atomic E-state index is -4.40. The zero-order valence-corrected chi connectivity index (χ0v) is 8.11. The molecule has 0 spiro atoms. The minimum Gasteiger partial charge on any atom is -0.373 e. The standard InChI is InChI=1S/C7H6FNO5S/c8-5-15(12,13)14-7-4-2-1-3-6(7)9(10)11/h1-4H,5H2. The predicted octanol–water partition coefficient (Wildman–Crippen LogP) is 1.23. The number of hydrogen-bond acceptors (Lipinski definition) is 5. The van der Waals surface area contributed by atoms with Crippen LogP contribution in [0.1, 0.15) is 0 Å². The summed E-state index contributed by atoms with van der Waals surface area (Å²) < 4.78 is 37.6. The molecule has 6 nitrogen and oxygen atoms in total. The Morgan fingerprint density at radius 1 is 1.40 bits per heavy atom. The molecule has 0 heterocycles. The smallest absolute Gasteiger partial charge is 0.339 e. The van der Waals surface area contributed by atoms with Crippen LogP contribution < -0.4 is 4.18 Å². The third-order valence-electron chi connectivity index (χ3n) is 1.41.